The molecule has 26 heavy (non-hydrogen) atoms. The zero-order chi connectivity index (χ0) is 18.5. The second-order valence-corrected chi connectivity index (χ2v) is 6.52. The zero-order valence-electron chi connectivity index (χ0n) is 14.5. The Hall–Kier alpha value is -2.67. The van der Waals surface area contributed by atoms with Gasteiger partial charge in [0.25, 0.3) is 0 Å². The summed E-state index contributed by atoms with van der Waals surface area (Å²) < 4.78 is 18.5. The first kappa shape index (κ1) is 18.1. The second kappa shape index (κ2) is 8.14. The highest BCUT2D eigenvalue weighted by Gasteiger charge is 2.15. The summed E-state index contributed by atoms with van der Waals surface area (Å²) in [5.41, 5.74) is 2.39. The van der Waals surface area contributed by atoms with E-state index in [4.69, 9.17) is 4.74 Å². The number of methoxy groups -OCH3 is 1. The number of ether oxygens (including phenoxy) is 1. The minimum absolute atomic E-state index is 0.0892. The van der Waals surface area contributed by atoms with Gasteiger partial charge < -0.3 is 4.74 Å². The highest BCUT2D eigenvalue weighted by atomic mass is 32.2. The smallest absolute Gasteiger partial charge is 0.209 e. The molecule has 0 fully saturated rings. The number of nitrogens with one attached hydrogen (secondary N) is 1. The third-order valence-corrected chi connectivity index (χ3v) is 4.74. The van der Waals surface area contributed by atoms with E-state index in [2.05, 4.69) is 22.1 Å². The van der Waals surface area contributed by atoms with E-state index >= 15 is 0 Å². The lowest BCUT2D eigenvalue weighted by Gasteiger charge is -2.06. The number of ketones is 1. The van der Waals surface area contributed by atoms with Crippen LogP contribution in [0.15, 0.2) is 47.6 Å². The Labute approximate surface area is 155 Å². The number of aryl methyl sites for hydroxylation is 1. The fourth-order valence-corrected chi connectivity index (χ4v) is 3.13. The number of hydrogen-bond donors (Lipinski definition) is 1. The van der Waals surface area contributed by atoms with Crippen LogP contribution in [0.25, 0.3) is 11.4 Å². The second-order valence-electron chi connectivity index (χ2n) is 5.57. The van der Waals surface area contributed by atoms with Gasteiger partial charge in [-0.3, -0.25) is 9.89 Å². The summed E-state index contributed by atoms with van der Waals surface area (Å²) in [7, 11) is 1.45. The lowest BCUT2D eigenvalue weighted by molar-refractivity contribution is 0.101. The maximum atomic E-state index is 13.4. The Bertz CT molecular complexity index is 909. The summed E-state index contributed by atoms with van der Waals surface area (Å²) in [5.74, 6) is 0.362. The molecule has 0 saturated carbocycles. The molecule has 0 aliphatic rings. The molecule has 2 aromatic carbocycles. The Kier molecular flexibility index (Phi) is 5.68. The van der Waals surface area contributed by atoms with Crippen molar-refractivity contribution in [2.24, 2.45) is 0 Å². The van der Waals surface area contributed by atoms with Gasteiger partial charge in [0.1, 0.15) is 11.6 Å². The Morgan fingerprint density at radius 2 is 2.00 bits per heavy atom. The van der Waals surface area contributed by atoms with Gasteiger partial charge >= 0.3 is 0 Å². The first-order chi connectivity index (χ1) is 12.6. The van der Waals surface area contributed by atoms with Crippen LogP contribution in [0.4, 0.5) is 4.39 Å². The van der Waals surface area contributed by atoms with E-state index < -0.39 is 5.82 Å². The van der Waals surface area contributed by atoms with E-state index in [0.29, 0.717) is 16.7 Å². The number of nitrogens with zero attached hydrogens (tertiary/aromatic N) is 2. The van der Waals surface area contributed by atoms with Crippen LogP contribution in [0.1, 0.15) is 22.8 Å². The van der Waals surface area contributed by atoms with Crippen LogP contribution in [-0.2, 0) is 6.42 Å². The van der Waals surface area contributed by atoms with Crippen molar-refractivity contribution in [3.05, 3.63) is 59.4 Å². The van der Waals surface area contributed by atoms with Crippen molar-refractivity contribution in [1.29, 1.82) is 0 Å². The molecule has 0 unspecified atom stereocenters. The summed E-state index contributed by atoms with van der Waals surface area (Å²) >= 11 is 1.19. The van der Waals surface area contributed by atoms with Crippen LogP contribution in [0.5, 0.6) is 5.75 Å². The minimum atomic E-state index is -0.477. The van der Waals surface area contributed by atoms with Crippen molar-refractivity contribution < 1.29 is 13.9 Å². The summed E-state index contributed by atoms with van der Waals surface area (Å²) in [6.45, 7) is 2.10. The molecule has 1 heterocycles. The number of aromatic amines is 1. The molecule has 7 heteroatoms. The van der Waals surface area contributed by atoms with Gasteiger partial charge in [-0.1, -0.05) is 43.0 Å². The first-order valence-corrected chi connectivity index (χ1v) is 9.10. The van der Waals surface area contributed by atoms with E-state index in [9.17, 15) is 9.18 Å². The van der Waals surface area contributed by atoms with Gasteiger partial charge in [-0.2, -0.15) is 0 Å². The molecule has 0 bridgehead atoms. The molecule has 0 aliphatic heterocycles. The van der Waals surface area contributed by atoms with Crippen molar-refractivity contribution in [2.75, 3.05) is 12.9 Å². The maximum Gasteiger partial charge on any atom is 0.209 e. The van der Waals surface area contributed by atoms with Gasteiger partial charge in [0.2, 0.25) is 5.16 Å². The Morgan fingerprint density at radius 3 is 2.69 bits per heavy atom. The lowest BCUT2D eigenvalue weighted by atomic mass is 10.1. The highest BCUT2D eigenvalue weighted by molar-refractivity contribution is 7.99. The highest BCUT2D eigenvalue weighted by Crippen LogP contribution is 2.24. The van der Waals surface area contributed by atoms with Crippen molar-refractivity contribution in [3.8, 4) is 17.1 Å². The third kappa shape index (κ3) is 4.11. The Morgan fingerprint density at radius 1 is 1.23 bits per heavy atom. The summed E-state index contributed by atoms with van der Waals surface area (Å²) in [6, 6.07) is 11.9. The molecule has 0 spiro atoms. The lowest BCUT2D eigenvalue weighted by Crippen LogP contribution is -2.05. The van der Waals surface area contributed by atoms with Crippen LogP contribution < -0.4 is 4.74 Å². The van der Waals surface area contributed by atoms with E-state index in [1.54, 1.807) is 0 Å². The third-order valence-electron chi connectivity index (χ3n) is 3.89. The van der Waals surface area contributed by atoms with Crippen molar-refractivity contribution in [1.82, 2.24) is 15.2 Å². The van der Waals surface area contributed by atoms with E-state index in [-0.39, 0.29) is 17.1 Å². The summed E-state index contributed by atoms with van der Waals surface area (Å²) in [5, 5.41) is 7.47. The summed E-state index contributed by atoms with van der Waals surface area (Å²) in [6.07, 6.45) is 0.976. The number of rotatable bonds is 7. The zero-order valence-corrected chi connectivity index (χ0v) is 15.3. The Balaban J connectivity index is 1.68. The average molecular weight is 371 g/mol. The predicted molar refractivity (Wildman–Crippen MR) is 99.2 cm³/mol. The maximum absolute atomic E-state index is 13.4. The first-order valence-electron chi connectivity index (χ1n) is 8.12. The van der Waals surface area contributed by atoms with Gasteiger partial charge in [0.05, 0.1) is 18.4 Å². The molecule has 3 rings (SSSR count). The van der Waals surface area contributed by atoms with Gasteiger partial charge in [-0.15, -0.1) is 5.10 Å². The molecule has 0 atom stereocenters. The van der Waals surface area contributed by atoms with Gasteiger partial charge in [-0.05, 0) is 30.2 Å². The van der Waals surface area contributed by atoms with Crippen LogP contribution in [0.3, 0.4) is 0 Å². The van der Waals surface area contributed by atoms with E-state index in [0.717, 1.165) is 12.0 Å². The normalized spacial score (nSPS) is 10.7. The molecule has 0 aliphatic carbocycles. The number of aromatic nitrogens is 3. The molecule has 1 N–H and O–H groups in total. The van der Waals surface area contributed by atoms with E-state index in [1.807, 2.05) is 24.3 Å². The van der Waals surface area contributed by atoms with Crippen molar-refractivity contribution in [3.63, 3.8) is 0 Å². The molecular formula is C19H18FN3O2S. The van der Waals surface area contributed by atoms with E-state index in [1.165, 1.54) is 42.6 Å². The molecular weight excluding hydrogens is 353 g/mol. The SMILES string of the molecule is CCc1ccc(-c2nc(SCC(=O)c3cc(F)ccc3OC)n[nH]2)cc1. The molecule has 5 nitrogen and oxygen atoms in total. The fourth-order valence-electron chi connectivity index (χ4n) is 2.44. The number of H-pyrrole nitrogens is 1. The number of carbonyl (C=O) groups excluding carboxylic acids is 1. The number of carbonyl (C=O) groups is 1. The quantitative estimate of drug-likeness (QED) is 0.499. The van der Waals surface area contributed by atoms with Crippen molar-refractivity contribution >= 4 is 17.5 Å². The van der Waals surface area contributed by atoms with Crippen molar-refractivity contribution in [2.45, 2.75) is 18.5 Å². The van der Waals surface area contributed by atoms with Crippen LogP contribution in [0.2, 0.25) is 0 Å². The number of hydrogen-bond acceptors (Lipinski definition) is 5. The van der Waals surface area contributed by atoms with Crippen LogP contribution in [-0.4, -0.2) is 33.8 Å². The number of Topliss-reactive ketones (excluding diaryl/α,β-unsaturated/α-hetero) is 1. The topological polar surface area (TPSA) is 67.9 Å². The molecule has 0 radical (unpaired) electrons. The largest absolute Gasteiger partial charge is 0.496 e. The standard InChI is InChI=1S/C19H18FN3O2S/c1-3-12-4-6-13(7-5-12)18-21-19(23-22-18)26-11-16(24)15-10-14(20)8-9-17(15)25-2/h4-10H,3,11H2,1-2H3,(H,21,22,23). The number of thioether (sulfide) groups is 1. The summed E-state index contributed by atoms with van der Waals surface area (Å²) in [4.78, 5) is 16.8. The monoisotopic (exact) mass is 371 g/mol. The number of halogens is 1. The van der Waals surface area contributed by atoms with Crippen LogP contribution in [0, 0.1) is 5.82 Å². The molecule has 3 aromatic rings. The van der Waals surface area contributed by atoms with Gasteiger partial charge in [0.15, 0.2) is 11.6 Å². The molecule has 0 saturated heterocycles. The van der Waals surface area contributed by atoms with Gasteiger partial charge in [0, 0.05) is 5.56 Å². The van der Waals surface area contributed by atoms with Crippen LogP contribution >= 0.6 is 11.8 Å². The average Bonchev–Trinajstić information content (AvgIpc) is 3.15. The molecule has 0 amide bonds. The van der Waals surface area contributed by atoms with Gasteiger partial charge in [-0.25, -0.2) is 9.37 Å². The predicted octanol–water partition coefficient (Wildman–Crippen LogP) is 4.16. The molecule has 1 aromatic heterocycles. The fraction of sp³-hybridized carbons (Fsp3) is 0.211. The minimum Gasteiger partial charge on any atom is -0.496 e. The molecule has 134 valence electrons. The number of benzene rings is 2.